The molecule has 4 nitrogen and oxygen atoms in total. The molecule has 0 radical (unpaired) electrons. The first-order valence-corrected chi connectivity index (χ1v) is 8.77. The van der Waals surface area contributed by atoms with Crippen LogP contribution >= 0.6 is 0 Å². The van der Waals surface area contributed by atoms with Gasteiger partial charge in [-0.05, 0) is 51.5 Å². The van der Waals surface area contributed by atoms with Crippen LogP contribution in [-0.2, 0) is 10.0 Å². The van der Waals surface area contributed by atoms with Gasteiger partial charge in [0.2, 0.25) is 10.0 Å². The van der Waals surface area contributed by atoms with Crippen molar-refractivity contribution in [3.05, 3.63) is 0 Å². The average molecular weight is 276 g/mol. The van der Waals surface area contributed by atoms with E-state index >= 15 is 0 Å². The highest BCUT2D eigenvalue weighted by molar-refractivity contribution is 7.89. The minimum atomic E-state index is -3.10. The summed E-state index contributed by atoms with van der Waals surface area (Å²) in [5.41, 5.74) is 0. The summed E-state index contributed by atoms with van der Waals surface area (Å²) in [6, 6.07) is 0.708. The molecule has 0 saturated heterocycles. The second kappa shape index (κ2) is 7.46. The SMILES string of the molecule is CC(C)CCC(C)NS(=O)(=O)CCCNC1CC1. The molecule has 1 unspecified atom stereocenters. The van der Waals surface area contributed by atoms with Crippen molar-refractivity contribution in [2.24, 2.45) is 5.92 Å². The van der Waals surface area contributed by atoms with Crippen molar-refractivity contribution >= 4 is 10.0 Å². The molecule has 18 heavy (non-hydrogen) atoms. The van der Waals surface area contributed by atoms with Gasteiger partial charge in [-0.25, -0.2) is 13.1 Å². The monoisotopic (exact) mass is 276 g/mol. The van der Waals surface area contributed by atoms with Gasteiger partial charge in [0.05, 0.1) is 5.75 Å². The third-order valence-electron chi connectivity index (χ3n) is 3.16. The molecule has 0 aromatic rings. The first kappa shape index (κ1) is 15.9. The molecule has 1 fully saturated rings. The molecule has 1 aliphatic rings. The van der Waals surface area contributed by atoms with Gasteiger partial charge in [0.15, 0.2) is 0 Å². The van der Waals surface area contributed by atoms with Crippen molar-refractivity contribution in [2.75, 3.05) is 12.3 Å². The third-order valence-corrected chi connectivity index (χ3v) is 4.75. The average Bonchev–Trinajstić information content (AvgIpc) is 3.05. The van der Waals surface area contributed by atoms with Gasteiger partial charge in [-0.15, -0.1) is 0 Å². The lowest BCUT2D eigenvalue weighted by molar-refractivity contribution is 0.484. The van der Waals surface area contributed by atoms with Gasteiger partial charge in [0.1, 0.15) is 0 Å². The first-order chi connectivity index (χ1) is 8.39. The van der Waals surface area contributed by atoms with Crippen molar-refractivity contribution in [2.45, 2.75) is 65.0 Å². The Bertz CT molecular complexity index is 324. The van der Waals surface area contributed by atoms with Crippen LogP contribution in [0.4, 0.5) is 0 Å². The molecule has 1 atom stereocenters. The van der Waals surface area contributed by atoms with E-state index in [1.807, 2.05) is 6.92 Å². The van der Waals surface area contributed by atoms with Crippen LogP contribution in [0, 0.1) is 5.92 Å². The quantitative estimate of drug-likeness (QED) is 0.599. The normalized spacial score (nSPS) is 18.2. The summed E-state index contributed by atoms with van der Waals surface area (Å²) in [6.07, 6.45) is 5.17. The highest BCUT2D eigenvalue weighted by Gasteiger charge is 2.20. The molecule has 1 rings (SSSR count). The van der Waals surface area contributed by atoms with Crippen LogP contribution in [0.1, 0.15) is 52.9 Å². The maximum Gasteiger partial charge on any atom is 0.211 e. The van der Waals surface area contributed by atoms with Crippen molar-refractivity contribution < 1.29 is 8.42 Å². The zero-order valence-electron chi connectivity index (χ0n) is 11.9. The van der Waals surface area contributed by atoms with Crippen LogP contribution in [0.5, 0.6) is 0 Å². The molecule has 1 saturated carbocycles. The molecule has 108 valence electrons. The summed E-state index contributed by atoms with van der Waals surface area (Å²) in [7, 11) is -3.10. The number of rotatable bonds is 10. The van der Waals surface area contributed by atoms with E-state index in [-0.39, 0.29) is 11.8 Å². The van der Waals surface area contributed by atoms with E-state index in [1.165, 1.54) is 12.8 Å². The summed E-state index contributed by atoms with van der Waals surface area (Å²) < 4.78 is 26.4. The van der Waals surface area contributed by atoms with Crippen molar-refractivity contribution in [1.29, 1.82) is 0 Å². The predicted octanol–water partition coefficient (Wildman–Crippen LogP) is 1.87. The van der Waals surface area contributed by atoms with E-state index in [2.05, 4.69) is 23.9 Å². The Hall–Kier alpha value is -0.130. The molecule has 0 bridgehead atoms. The maximum atomic E-state index is 11.8. The van der Waals surface area contributed by atoms with Crippen molar-refractivity contribution in [3.63, 3.8) is 0 Å². The zero-order chi connectivity index (χ0) is 13.6. The fourth-order valence-corrected chi connectivity index (χ4v) is 3.24. The van der Waals surface area contributed by atoms with E-state index in [0.717, 1.165) is 19.4 Å². The minimum absolute atomic E-state index is 0.0498. The topological polar surface area (TPSA) is 58.2 Å². The van der Waals surface area contributed by atoms with Gasteiger partial charge in [0, 0.05) is 12.1 Å². The molecule has 0 aromatic heterocycles. The van der Waals surface area contributed by atoms with Gasteiger partial charge in [-0.2, -0.15) is 0 Å². The molecular formula is C13H28N2O2S. The number of hydrogen-bond donors (Lipinski definition) is 2. The van der Waals surface area contributed by atoms with E-state index in [1.54, 1.807) is 0 Å². The largest absolute Gasteiger partial charge is 0.314 e. The standard InChI is InChI=1S/C13H28N2O2S/c1-11(2)5-6-12(3)15-18(16,17)10-4-9-14-13-7-8-13/h11-15H,4-10H2,1-3H3. The zero-order valence-corrected chi connectivity index (χ0v) is 12.7. The summed E-state index contributed by atoms with van der Waals surface area (Å²) in [4.78, 5) is 0. The van der Waals surface area contributed by atoms with E-state index in [9.17, 15) is 8.42 Å². The van der Waals surface area contributed by atoms with Crippen LogP contribution in [-0.4, -0.2) is 32.8 Å². The summed E-state index contributed by atoms with van der Waals surface area (Å²) in [5.74, 6) is 0.860. The highest BCUT2D eigenvalue weighted by atomic mass is 32.2. The Labute approximate surface area is 112 Å². The molecule has 1 aliphatic carbocycles. The second-order valence-corrected chi connectivity index (χ2v) is 7.76. The maximum absolute atomic E-state index is 11.8. The molecular weight excluding hydrogens is 248 g/mol. The lowest BCUT2D eigenvalue weighted by Gasteiger charge is -2.15. The lowest BCUT2D eigenvalue weighted by Crippen LogP contribution is -2.35. The fraction of sp³-hybridized carbons (Fsp3) is 1.00. The van der Waals surface area contributed by atoms with Gasteiger partial charge < -0.3 is 5.32 Å². The Kier molecular flexibility index (Phi) is 6.60. The van der Waals surface area contributed by atoms with E-state index in [0.29, 0.717) is 18.4 Å². The van der Waals surface area contributed by atoms with Gasteiger partial charge in [-0.1, -0.05) is 13.8 Å². The second-order valence-electron chi connectivity index (χ2n) is 5.89. The van der Waals surface area contributed by atoms with Crippen LogP contribution in [0.25, 0.3) is 0 Å². The molecule has 0 aromatic carbocycles. The lowest BCUT2D eigenvalue weighted by atomic mass is 10.1. The third kappa shape index (κ3) is 8.06. The highest BCUT2D eigenvalue weighted by Crippen LogP contribution is 2.18. The van der Waals surface area contributed by atoms with Gasteiger partial charge in [0.25, 0.3) is 0 Å². The molecule has 5 heteroatoms. The Morgan fingerprint density at radius 1 is 1.17 bits per heavy atom. The molecule has 2 N–H and O–H groups in total. The van der Waals surface area contributed by atoms with Crippen LogP contribution in [0.15, 0.2) is 0 Å². The smallest absolute Gasteiger partial charge is 0.211 e. The Morgan fingerprint density at radius 3 is 2.39 bits per heavy atom. The van der Waals surface area contributed by atoms with Crippen LogP contribution in [0.2, 0.25) is 0 Å². The molecule has 0 aliphatic heterocycles. The van der Waals surface area contributed by atoms with Gasteiger partial charge in [-0.3, -0.25) is 0 Å². The molecule has 0 amide bonds. The molecule has 0 spiro atoms. The molecule has 0 heterocycles. The summed E-state index contributed by atoms with van der Waals surface area (Å²) in [6.45, 7) is 7.07. The number of sulfonamides is 1. The minimum Gasteiger partial charge on any atom is -0.314 e. The van der Waals surface area contributed by atoms with E-state index in [4.69, 9.17) is 0 Å². The fourth-order valence-electron chi connectivity index (χ4n) is 1.86. The van der Waals surface area contributed by atoms with Crippen LogP contribution in [0.3, 0.4) is 0 Å². The Morgan fingerprint density at radius 2 is 1.83 bits per heavy atom. The number of nitrogens with one attached hydrogen (secondary N) is 2. The van der Waals surface area contributed by atoms with Crippen molar-refractivity contribution in [1.82, 2.24) is 10.0 Å². The first-order valence-electron chi connectivity index (χ1n) is 7.12. The predicted molar refractivity (Wildman–Crippen MR) is 76.1 cm³/mol. The Balaban J connectivity index is 2.12. The van der Waals surface area contributed by atoms with Gasteiger partial charge >= 0.3 is 0 Å². The summed E-state index contributed by atoms with van der Waals surface area (Å²) in [5, 5.41) is 3.33. The number of hydrogen-bond acceptors (Lipinski definition) is 3. The van der Waals surface area contributed by atoms with Crippen LogP contribution < -0.4 is 10.0 Å². The van der Waals surface area contributed by atoms with Crippen molar-refractivity contribution in [3.8, 4) is 0 Å². The summed E-state index contributed by atoms with van der Waals surface area (Å²) >= 11 is 0. The van der Waals surface area contributed by atoms with E-state index < -0.39 is 10.0 Å².